The Morgan fingerprint density at radius 1 is 1.27 bits per heavy atom. The molecule has 0 fully saturated rings. The minimum atomic E-state index is -0.197. The number of rotatable bonds is 5. The Morgan fingerprint density at radius 3 is 2.82 bits per heavy atom. The number of hydrogen-bond acceptors (Lipinski definition) is 7. The van der Waals surface area contributed by atoms with Gasteiger partial charge in [0, 0.05) is 36.9 Å². The number of nitrogens with zero attached hydrogens (tertiary/aromatic N) is 4. The lowest BCUT2D eigenvalue weighted by Crippen LogP contribution is -2.12. The number of aryl methyl sites for hydroxylation is 2. The Kier molecular flexibility index (Phi) is 3.90. The zero-order valence-corrected chi connectivity index (χ0v) is 11.8. The predicted molar refractivity (Wildman–Crippen MR) is 75.7 cm³/mol. The van der Waals surface area contributed by atoms with Crippen molar-refractivity contribution in [3.63, 3.8) is 0 Å². The lowest BCUT2D eigenvalue weighted by molar-refractivity contribution is -0.116. The van der Waals surface area contributed by atoms with Crippen molar-refractivity contribution in [3.8, 4) is 11.5 Å². The Morgan fingerprint density at radius 2 is 2.09 bits per heavy atom. The Balaban J connectivity index is 1.56. The van der Waals surface area contributed by atoms with E-state index in [1.54, 1.807) is 37.5 Å². The molecule has 0 aliphatic rings. The van der Waals surface area contributed by atoms with Crippen molar-refractivity contribution >= 4 is 11.7 Å². The van der Waals surface area contributed by atoms with Crippen LogP contribution in [-0.2, 0) is 11.2 Å². The number of carbonyl (C=O) groups excluding carboxylic acids is 1. The smallest absolute Gasteiger partial charge is 0.247 e. The van der Waals surface area contributed by atoms with E-state index in [1.807, 2.05) is 0 Å². The molecule has 0 radical (unpaired) electrons. The second kappa shape index (κ2) is 6.17. The number of carbonyl (C=O) groups is 1. The van der Waals surface area contributed by atoms with E-state index in [1.165, 1.54) is 0 Å². The number of amides is 1. The molecule has 3 heterocycles. The first-order valence-electron chi connectivity index (χ1n) is 6.66. The number of anilines is 1. The second-order valence-corrected chi connectivity index (χ2v) is 4.61. The van der Waals surface area contributed by atoms with Gasteiger partial charge in [0.1, 0.15) is 5.76 Å². The van der Waals surface area contributed by atoms with Crippen molar-refractivity contribution < 1.29 is 13.7 Å². The quantitative estimate of drug-likeness (QED) is 0.767. The van der Waals surface area contributed by atoms with Crippen molar-refractivity contribution in [2.75, 3.05) is 5.32 Å². The normalized spacial score (nSPS) is 10.6. The van der Waals surface area contributed by atoms with Crippen LogP contribution in [0, 0.1) is 6.92 Å². The summed E-state index contributed by atoms with van der Waals surface area (Å²) in [5.41, 5.74) is 0.788. The summed E-state index contributed by atoms with van der Waals surface area (Å²) in [6.07, 6.45) is 3.85. The Bertz CT molecular complexity index is 766. The van der Waals surface area contributed by atoms with Gasteiger partial charge in [0.25, 0.3) is 0 Å². The van der Waals surface area contributed by atoms with Crippen molar-refractivity contribution in [2.45, 2.75) is 19.8 Å². The fraction of sp³-hybridized carbons (Fsp3) is 0.214. The summed E-state index contributed by atoms with van der Waals surface area (Å²) in [5.74, 6) is 1.64. The highest BCUT2D eigenvalue weighted by Gasteiger charge is 2.11. The van der Waals surface area contributed by atoms with Crippen LogP contribution in [0.15, 0.2) is 39.5 Å². The van der Waals surface area contributed by atoms with Gasteiger partial charge in [-0.2, -0.15) is 0 Å². The maximum atomic E-state index is 11.8. The molecular formula is C14H13N5O3. The van der Waals surface area contributed by atoms with Crippen LogP contribution in [0.1, 0.15) is 18.1 Å². The van der Waals surface area contributed by atoms with Crippen LogP contribution in [-0.4, -0.2) is 26.2 Å². The summed E-state index contributed by atoms with van der Waals surface area (Å²) in [7, 11) is 0. The van der Waals surface area contributed by atoms with Gasteiger partial charge in [-0.05, 0) is 19.1 Å². The molecule has 0 aliphatic carbocycles. The third kappa shape index (κ3) is 3.35. The van der Waals surface area contributed by atoms with Crippen molar-refractivity contribution in [1.82, 2.24) is 20.3 Å². The highest BCUT2D eigenvalue weighted by Crippen LogP contribution is 2.17. The molecule has 0 aromatic carbocycles. The highest BCUT2D eigenvalue weighted by atomic mass is 16.5. The summed E-state index contributed by atoms with van der Waals surface area (Å²) >= 11 is 0. The van der Waals surface area contributed by atoms with Crippen LogP contribution in [0.4, 0.5) is 5.82 Å². The van der Waals surface area contributed by atoms with E-state index in [4.69, 9.17) is 8.94 Å². The van der Waals surface area contributed by atoms with E-state index in [0.29, 0.717) is 29.8 Å². The van der Waals surface area contributed by atoms with Gasteiger partial charge in [-0.15, -0.1) is 10.2 Å². The fourth-order valence-electron chi connectivity index (χ4n) is 1.82. The van der Waals surface area contributed by atoms with Gasteiger partial charge in [-0.25, -0.2) is 0 Å². The van der Waals surface area contributed by atoms with Gasteiger partial charge in [0.2, 0.25) is 17.7 Å². The minimum Gasteiger partial charge on any atom is -0.421 e. The molecule has 0 atom stereocenters. The molecule has 0 saturated heterocycles. The number of pyridine rings is 1. The van der Waals surface area contributed by atoms with Crippen molar-refractivity contribution in [1.29, 1.82) is 0 Å². The average molecular weight is 299 g/mol. The van der Waals surface area contributed by atoms with Gasteiger partial charge in [0.05, 0.1) is 0 Å². The average Bonchev–Trinajstić information content (AvgIpc) is 3.15. The van der Waals surface area contributed by atoms with Gasteiger partial charge in [-0.3, -0.25) is 9.78 Å². The monoisotopic (exact) mass is 299 g/mol. The lowest BCUT2D eigenvalue weighted by Gasteiger charge is -1.98. The van der Waals surface area contributed by atoms with E-state index >= 15 is 0 Å². The SMILES string of the molecule is Cc1cc(NC(=O)CCc2nnc(-c3ccncc3)o2)no1. The van der Waals surface area contributed by atoms with Crippen molar-refractivity contribution in [2.24, 2.45) is 0 Å². The molecule has 22 heavy (non-hydrogen) atoms. The van der Waals surface area contributed by atoms with Crippen LogP contribution in [0.3, 0.4) is 0 Å². The Hall–Kier alpha value is -3.03. The standard InChI is InChI=1S/C14H13N5O3/c1-9-8-11(19-22-9)16-12(20)2-3-13-17-18-14(21-13)10-4-6-15-7-5-10/h4-8H,2-3H2,1H3,(H,16,19,20). The molecule has 0 bridgehead atoms. The first-order valence-corrected chi connectivity index (χ1v) is 6.66. The molecule has 0 aliphatic heterocycles. The molecule has 1 amide bonds. The minimum absolute atomic E-state index is 0.197. The second-order valence-electron chi connectivity index (χ2n) is 4.61. The van der Waals surface area contributed by atoms with Crippen LogP contribution in [0.2, 0.25) is 0 Å². The largest absolute Gasteiger partial charge is 0.421 e. The Labute approximate surface area is 125 Å². The molecule has 0 spiro atoms. The molecule has 1 N–H and O–H groups in total. The van der Waals surface area contributed by atoms with Crippen LogP contribution >= 0.6 is 0 Å². The van der Waals surface area contributed by atoms with E-state index in [2.05, 4.69) is 25.7 Å². The molecule has 0 saturated carbocycles. The van der Waals surface area contributed by atoms with Gasteiger partial charge in [-0.1, -0.05) is 5.16 Å². The van der Waals surface area contributed by atoms with Crippen LogP contribution in [0.5, 0.6) is 0 Å². The summed E-state index contributed by atoms with van der Waals surface area (Å²) in [5, 5.41) is 14.2. The van der Waals surface area contributed by atoms with Gasteiger partial charge in [0.15, 0.2) is 5.82 Å². The molecular weight excluding hydrogens is 286 g/mol. The topological polar surface area (TPSA) is 107 Å². The highest BCUT2D eigenvalue weighted by molar-refractivity contribution is 5.89. The first kappa shape index (κ1) is 13.9. The molecule has 3 rings (SSSR count). The van der Waals surface area contributed by atoms with Crippen molar-refractivity contribution in [3.05, 3.63) is 42.2 Å². The maximum Gasteiger partial charge on any atom is 0.247 e. The molecule has 0 unspecified atom stereocenters. The van der Waals surface area contributed by atoms with E-state index in [9.17, 15) is 4.79 Å². The van der Waals surface area contributed by atoms with Gasteiger partial charge < -0.3 is 14.3 Å². The lowest BCUT2D eigenvalue weighted by atomic mass is 10.3. The molecule has 8 heteroatoms. The van der Waals surface area contributed by atoms with Gasteiger partial charge >= 0.3 is 0 Å². The number of hydrogen-bond donors (Lipinski definition) is 1. The van der Waals surface area contributed by atoms with E-state index in [0.717, 1.165) is 5.56 Å². The summed E-state index contributed by atoms with van der Waals surface area (Å²) in [6, 6.07) is 5.19. The summed E-state index contributed by atoms with van der Waals surface area (Å²) in [4.78, 5) is 15.7. The van der Waals surface area contributed by atoms with E-state index < -0.39 is 0 Å². The molecule has 112 valence electrons. The molecule has 3 aromatic heterocycles. The molecule has 3 aromatic rings. The summed E-state index contributed by atoms with van der Waals surface area (Å²) < 4.78 is 10.4. The number of nitrogens with one attached hydrogen (secondary N) is 1. The maximum absolute atomic E-state index is 11.8. The molecule has 8 nitrogen and oxygen atoms in total. The predicted octanol–water partition coefficient (Wildman–Crippen LogP) is 2.00. The fourth-order valence-corrected chi connectivity index (χ4v) is 1.82. The first-order chi connectivity index (χ1) is 10.7. The number of aromatic nitrogens is 4. The van der Waals surface area contributed by atoms with Crippen LogP contribution in [0.25, 0.3) is 11.5 Å². The third-order valence-corrected chi connectivity index (χ3v) is 2.86. The van der Waals surface area contributed by atoms with Crippen LogP contribution < -0.4 is 5.32 Å². The zero-order chi connectivity index (χ0) is 15.4. The van der Waals surface area contributed by atoms with E-state index in [-0.39, 0.29) is 12.3 Å². The third-order valence-electron chi connectivity index (χ3n) is 2.86. The summed E-state index contributed by atoms with van der Waals surface area (Å²) in [6.45, 7) is 1.75. The zero-order valence-electron chi connectivity index (χ0n) is 11.8.